The van der Waals surface area contributed by atoms with Crippen molar-refractivity contribution in [2.24, 2.45) is 5.92 Å². The number of methoxy groups -OCH3 is 1. The van der Waals surface area contributed by atoms with Crippen LogP contribution in [0.1, 0.15) is 49.5 Å². The molecule has 3 aromatic rings. The van der Waals surface area contributed by atoms with Crippen LogP contribution in [0.2, 0.25) is 0 Å². The number of ether oxygens (including phenoxy) is 4. The van der Waals surface area contributed by atoms with Crippen molar-refractivity contribution in [1.82, 2.24) is 9.97 Å². The van der Waals surface area contributed by atoms with Gasteiger partial charge in [0.1, 0.15) is 23.7 Å². The van der Waals surface area contributed by atoms with E-state index in [1.807, 2.05) is 51.1 Å². The van der Waals surface area contributed by atoms with E-state index in [-0.39, 0.29) is 11.4 Å². The Labute approximate surface area is 216 Å². The summed E-state index contributed by atoms with van der Waals surface area (Å²) in [5.74, 6) is 1.24. The first-order valence-corrected chi connectivity index (χ1v) is 12.1. The van der Waals surface area contributed by atoms with E-state index in [1.54, 1.807) is 12.1 Å². The smallest absolute Gasteiger partial charge is 0.416 e. The topological polar surface area (TPSA) is 100 Å². The lowest BCUT2D eigenvalue weighted by Gasteiger charge is -2.26. The van der Waals surface area contributed by atoms with E-state index in [0.717, 1.165) is 18.4 Å². The number of amides is 1. The van der Waals surface area contributed by atoms with Gasteiger partial charge in [0.25, 0.3) is 0 Å². The second-order valence-corrected chi connectivity index (χ2v) is 9.81. The molecule has 0 aliphatic heterocycles. The average molecular weight is 506 g/mol. The molecule has 0 N–H and O–H groups in total. The highest BCUT2D eigenvalue weighted by Gasteiger charge is 2.31. The second-order valence-electron chi connectivity index (χ2n) is 9.81. The van der Waals surface area contributed by atoms with Crippen molar-refractivity contribution in [3.8, 4) is 17.4 Å². The Morgan fingerprint density at radius 1 is 1.00 bits per heavy atom. The molecule has 0 bridgehead atoms. The summed E-state index contributed by atoms with van der Waals surface area (Å²) in [6.45, 7) is 6.31. The number of nitrogens with zero attached hydrogens (tertiary/aromatic N) is 3. The van der Waals surface area contributed by atoms with Gasteiger partial charge in [-0.2, -0.15) is 0 Å². The van der Waals surface area contributed by atoms with Gasteiger partial charge in [-0.15, -0.1) is 0 Å². The maximum Gasteiger partial charge on any atom is 0.416 e. The fraction of sp³-hybridized carbons (Fsp3) is 0.357. The molecule has 1 aliphatic rings. The van der Waals surface area contributed by atoms with Crippen LogP contribution >= 0.6 is 0 Å². The van der Waals surface area contributed by atoms with Crippen LogP contribution in [0.4, 0.5) is 10.6 Å². The van der Waals surface area contributed by atoms with Gasteiger partial charge < -0.3 is 18.9 Å². The minimum Gasteiger partial charge on any atom is -0.489 e. The Balaban J connectivity index is 1.51. The van der Waals surface area contributed by atoms with E-state index in [2.05, 4.69) is 9.97 Å². The summed E-state index contributed by atoms with van der Waals surface area (Å²) in [7, 11) is 1.31. The van der Waals surface area contributed by atoms with Crippen molar-refractivity contribution in [2.75, 3.05) is 18.6 Å². The molecule has 1 aliphatic carbocycles. The zero-order chi connectivity index (χ0) is 26.4. The average Bonchev–Trinajstić information content (AvgIpc) is 3.70. The molecule has 37 heavy (non-hydrogen) atoms. The number of benzene rings is 2. The van der Waals surface area contributed by atoms with Crippen LogP contribution in [0.3, 0.4) is 0 Å². The van der Waals surface area contributed by atoms with Crippen LogP contribution in [0.5, 0.6) is 17.4 Å². The summed E-state index contributed by atoms with van der Waals surface area (Å²) in [5, 5.41) is 0. The molecule has 1 aromatic heterocycles. The third-order valence-electron chi connectivity index (χ3n) is 5.41. The van der Waals surface area contributed by atoms with Crippen molar-refractivity contribution in [2.45, 2.75) is 45.8 Å². The summed E-state index contributed by atoms with van der Waals surface area (Å²) in [4.78, 5) is 35.2. The van der Waals surface area contributed by atoms with E-state index in [9.17, 15) is 9.59 Å². The van der Waals surface area contributed by atoms with Gasteiger partial charge in [0.2, 0.25) is 5.88 Å². The monoisotopic (exact) mass is 505 g/mol. The lowest BCUT2D eigenvalue weighted by atomic mass is 10.2. The molecule has 4 rings (SSSR count). The third-order valence-corrected chi connectivity index (χ3v) is 5.41. The normalized spacial score (nSPS) is 13.0. The Bertz CT molecular complexity index is 1220. The number of esters is 1. The molecular formula is C28H31N3O6. The van der Waals surface area contributed by atoms with Gasteiger partial charge in [-0.05, 0) is 57.2 Å². The highest BCUT2D eigenvalue weighted by molar-refractivity contribution is 5.90. The van der Waals surface area contributed by atoms with Gasteiger partial charge in [-0.3, -0.25) is 4.90 Å². The highest BCUT2D eigenvalue weighted by atomic mass is 16.6. The third kappa shape index (κ3) is 7.67. The van der Waals surface area contributed by atoms with E-state index in [1.165, 1.54) is 30.5 Å². The number of hydrogen-bond acceptors (Lipinski definition) is 8. The highest BCUT2D eigenvalue weighted by Crippen LogP contribution is 2.32. The predicted octanol–water partition coefficient (Wildman–Crippen LogP) is 5.79. The number of rotatable bonds is 9. The van der Waals surface area contributed by atoms with Gasteiger partial charge in [0, 0.05) is 12.6 Å². The van der Waals surface area contributed by atoms with Gasteiger partial charge in [0.05, 0.1) is 25.1 Å². The number of aromatic nitrogens is 2. The lowest BCUT2D eigenvalue weighted by Crippen LogP contribution is -2.38. The summed E-state index contributed by atoms with van der Waals surface area (Å²) >= 11 is 0. The molecule has 0 unspecified atom stereocenters. The van der Waals surface area contributed by atoms with Crippen molar-refractivity contribution in [3.05, 3.63) is 72.1 Å². The Hall–Kier alpha value is -4.14. The number of carbonyl (C=O) groups excluding carboxylic acids is 2. The standard InChI is InChI=1S/C28H31N3O6/c1-28(2,3)37-27(33)31(17-19-10-11-19)24-15-30-25(16-29-24)36-23-13-21(26(32)34-4)12-22(14-23)35-18-20-8-6-5-7-9-20/h5-9,12-16,19H,10-11,17-18H2,1-4H3. The molecule has 1 fully saturated rings. The first kappa shape index (κ1) is 25.9. The number of hydrogen-bond donors (Lipinski definition) is 0. The van der Waals surface area contributed by atoms with E-state index < -0.39 is 17.7 Å². The predicted molar refractivity (Wildman–Crippen MR) is 137 cm³/mol. The molecule has 1 heterocycles. The second kappa shape index (κ2) is 11.3. The number of anilines is 1. The van der Waals surface area contributed by atoms with Crippen molar-refractivity contribution in [1.29, 1.82) is 0 Å². The summed E-state index contributed by atoms with van der Waals surface area (Å²) in [6.07, 6.45) is 4.57. The van der Waals surface area contributed by atoms with Crippen LogP contribution in [0.15, 0.2) is 60.9 Å². The molecule has 0 spiro atoms. The molecule has 9 heteroatoms. The summed E-state index contributed by atoms with van der Waals surface area (Å²) in [5.41, 5.74) is 0.629. The van der Waals surface area contributed by atoms with Crippen LogP contribution < -0.4 is 14.4 Å². The van der Waals surface area contributed by atoms with Crippen LogP contribution in [0.25, 0.3) is 0 Å². The van der Waals surface area contributed by atoms with Crippen molar-refractivity contribution in [3.63, 3.8) is 0 Å². The molecule has 194 valence electrons. The Morgan fingerprint density at radius 3 is 2.35 bits per heavy atom. The van der Waals surface area contributed by atoms with Crippen molar-refractivity contribution < 1.29 is 28.5 Å². The van der Waals surface area contributed by atoms with Gasteiger partial charge in [-0.1, -0.05) is 30.3 Å². The quantitative estimate of drug-likeness (QED) is 0.337. The van der Waals surface area contributed by atoms with Crippen LogP contribution in [-0.2, 0) is 16.1 Å². The first-order chi connectivity index (χ1) is 17.7. The van der Waals surface area contributed by atoms with E-state index in [0.29, 0.717) is 36.4 Å². The molecule has 0 saturated heterocycles. The fourth-order valence-electron chi connectivity index (χ4n) is 3.45. The molecule has 0 atom stereocenters. The van der Waals surface area contributed by atoms with Gasteiger partial charge in [0.15, 0.2) is 5.82 Å². The van der Waals surface area contributed by atoms with E-state index in [4.69, 9.17) is 18.9 Å². The summed E-state index contributed by atoms with van der Waals surface area (Å²) < 4.78 is 22.2. The van der Waals surface area contributed by atoms with E-state index >= 15 is 0 Å². The van der Waals surface area contributed by atoms with Crippen LogP contribution in [-0.4, -0.2) is 41.3 Å². The Kier molecular flexibility index (Phi) is 7.91. The maximum absolute atomic E-state index is 12.8. The fourth-order valence-corrected chi connectivity index (χ4v) is 3.45. The first-order valence-electron chi connectivity index (χ1n) is 12.1. The molecular weight excluding hydrogens is 474 g/mol. The molecule has 1 saturated carbocycles. The largest absolute Gasteiger partial charge is 0.489 e. The molecule has 2 aromatic carbocycles. The van der Waals surface area contributed by atoms with Gasteiger partial charge >= 0.3 is 12.1 Å². The van der Waals surface area contributed by atoms with Gasteiger partial charge in [-0.25, -0.2) is 19.6 Å². The minimum absolute atomic E-state index is 0.190. The Morgan fingerprint density at radius 2 is 1.73 bits per heavy atom. The lowest BCUT2D eigenvalue weighted by molar-refractivity contribution is 0.0573. The molecule has 0 radical (unpaired) electrons. The zero-order valence-electron chi connectivity index (χ0n) is 21.5. The zero-order valence-corrected chi connectivity index (χ0v) is 21.5. The van der Waals surface area contributed by atoms with Crippen LogP contribution in [0, 0.1) is 5.92 Å². The maximum atomic E-state index is 12.8. The molecule has 9 nitrogen and oxygen atoms in total. The molecule has 1 amide bonds. The SMILES string of the molecule is COC(=O)c1cc(OCc2ccccc2)cc(Oc2cnc(N(CC3CC3)C(=O)OC(C)(C)C)cn2)c1. The minimum atomic E-state index is -0.625. The van der Waals surface area contributed by atoms with Crippen molar-refractivity contribution >= 4 is 17.9 Å². The number of carbonyl (C=O) groups is 2. The summed E-state index contributed by atoms with van der Waals surface area (Å²) in [6, 6.07) is 14.5.